The summed E-state index contributed by atoms with van der Waals surface area (Å²) in [6, 6.07) is -0.156. The van der Waals surface area contributed by atoms with E-state index in [0.717, 1.165) is 18.7 Å². The van der Waals surface area contributed by atoms with Crippen LogP contribution in [0.4, 0.5) is 4.79 Å². The lowest BCUT2D eigenvalue weighted by molar-refractivity contribution is -0.435. The Hall–Kier alpha value is -1.43. The Morgan fingerprint density at radius 2 is 2.21 bits per heavy atom. The monoisotopic (exact) mass is 268 g/mol. The molecule has 19 heavy (non-hydrogen) atoms. The second-order valence-electron chi connectivity index (χ2n) is 5.97. The second kappa shape index (κ2) is 5.28. The Bertz CT molecular complexity index is 423. The SMILES string of the molecule is CC(C)(C)OC(=O)NC1CNCC1=[N+]1CCCC1=O. The average Bonchev–Trinajstić information content (AvgIpc) is 2.83. The molecule has 2 N–H and O–H groups in total. The van der Waals surface area contributed by atoms with Crippen molar-refractivity contribution in [3.63, 3.8) is 0 Å². The van der Waals surface area contributed by atoms with Crippen molar-refractivity contribution in [2.24, 2.45) is 0 Å². The average molecular weight is 268 g/mol. The quantitative estimate of drug-likeness (QED) is 0.669. The van der Waals surface area contributed by atoms with Crippen LogP contribution in [0.25, 0.3) is 0 Å². The Kier molecular flexibility index (Phi) is 3.89. The van der Waals surface area contributed by atoms with Gasteiger partial charge in [-0.2, -0.15) is 4.58 Å². The first kappa shape index (κ1) is 14.0. The highest BCUT2D eigenvalue weighted by Crippen LogP contribution is 2.10. The third-order valence-corrected chi connectivity index (χ3v) is 3.17. The van der Waals surface area contributed by atoms with Crippen LogP contribution >= 0.6 is 0 Å². The van der Waals surface area contributed by atoms with E-state index in [4.69, 9.17) is 4.74 Å². The van der Waals surface area contributed by atoms with Crippen LogP contribution < -0.4 is 10.6 Å². The van der Waals surface area contributed by atoms with E-state index in [2.05, 4.69) is 10.6 Å². The van der Waals surface area contributed by atoms with Gasteiger partial charge in [-0.3, -0.25) is 0 Å². The topological polar surface area (TPSA) is 70.4 Å². The number of ether oxygens (including phenoxy) is 1. The van der Waals surface area contributed by atoms with E-state index < -0.39 is 11.7 Å². The molecule has 0 bridgehead atoms. The van der Waals surface area contributed by atoms with Gasteiger partial charge in [0.05, 0.1) is 13.0 Å². The van der Waals surface area contributed by atoms with Crippen molar-refractivity contribution < 1.29 is 18.9 Å². The van der Waals surface area contributed by atoms with E-state index in [-0.39, 0.29) is 11.9 Å². The maximum atomic E-state index is 11.8. The van der Waals surface area contributed by atoms with E-state index in [1.807, 2.05) is 20.8 Å². The van der Waals surface area contributed by atoms with E-state index in [1.165, 1.54) is 0 Å². The number of alkyl carbamates (subject to hydrolysis) is 1. The first-order chi connectivity index (χ1) is 8.87. The van der Waals surface area contributed by atoms with Crippen LogP contribution in [0.5, 0.6) is 0 Å². The lowest BCUT2D eigenvalue weighted by Crippen LogP contribution is -2.46. The van der Waals surface area contributed by atoms with E-state index in [0.29, 0.717) is 19.5 Å². The number of hydrogen-bond donors (Lipinski definition) is 2. The number of hydrogen-bond acceptors (Lipinski definition) is 4. The Balaban J connectivity index is 2.04. The van der Waals surface area contributed by atoms with Crippen molar-refractivity contribution in [1.82, 2.24) is 10.6 Å². The van der Waals surface area contributed by atoms with Gasteiger partial charge in [-0.25, -0.2) is 9.59 Å². The normalized spacial score (nSPS) is 27.7. The fourth-order valence-electron chi connectivity index (χ4n) is 2.41. The van der Waals surface area contributed by atoms with Crippen molar-refractivity contribution >= 4 is 17.7 Å². The van der Waals surface area contributed by atoms with Crippen molar-refractivity contribution in [1.29, 1.82) is 0 Å². The number of nitrogens with one attached hydrogen (secondary N) is 2. The molecule has 0 spiro atoms. The van der Waals surface area contributed by atoms with Gasteiger partial charge in [0.2, 0.25) is 0 Å². The summed E-state index contributed by atoms with van der Waals surface area (Å²) in [6.07, 6.45) is 1.05. The Morgan fingerprint density at radius 3 is 2.79 bits per heavy atom. The van der Waals surface area contributed by atoms with Gasteiger partial charge >= 0.3 is 12.0 Å². The summed E-state index contributed by atoms with van der Waals surface area (Å²) in [5.74, 6) is 0.148. The van der Waals surface area contributed by atoms with E-state index in [1.54, 1.807) is 4.58 Å². The highest BCUT2D eigenvalue weighted by molar-refractivity contribution is 5.95. The highest BCUT2D eigenvalue weighted by Gasteiger charge is 2.37. The zero-order valence-electron chi connectivity index (χ0n) is 11.8. The fourth-order valence-corrected chi connectivity index (χ4v) is 2.41. The lowest BCUT2D eigenvalue weighted by Gasteiger charge is -2.21. The molecule has 106 valence electrons. The minimum atomic E-state index is -0.514. The molecule has 2 saturated heterocycles. The molecule has 0 radical (unpaired) electrons. The first-order valence-corrected chi connectivity index (χ1v) is 6.73. The molecule has 2 heterocycles. The van der Waals surface area contributed by atoms with Gasteiger partial charge in [0.1, 0.15) is 11.6 Å². The number of amides is 2. The van der Waals surface area contributed by atoms with Gasteiger partial charge in [0.15, 0.2) is 12.3 Å². The molecule has 1 atom stereocenters. The molecular weight excluding hydrogens is 246 g/mol. The first-order valence-electron chi connectivity index (χ1n) is 6.73. The molecule has 0 aromatic rings. The van der Waals surface area contributed by atoms with Crippen LogP contribution in [-0.4, -0.2) is 53.6 Å². The van der Waals surface area contributed by atoms with Gasteiger partial charge in [0.25, 0.3) is 0 Å². The standard InChI is InChI=1S/C13H21N3O3/c1-13(2,3)19-12(18)15-9-7-14-8-10(9)16-6-4-5-11(16)17/h9,14H,4-8H2,1-3H3/p+1. The van der Waals surface area contributed by atoms with Gasteiger partial charge < -0.3 is 15.4 Å². The number of rotatable bonds is 1. The predicted molar refractivity (Wildman–Crippen MR) is 70.4 cm³/mol. The molecule has 2 aliphatic rings. The number of carbonyl (C=O) groups excluding carboxylic acids is 2. The van der Waals surface area contributed by atoms with Crippen LogP contribution in [-0.2, 0) is 9.53 Å². The molecule has 2 amide bonds. The minimum Gasteiger partial charge on any atom is -0.444 e. The summed E-state index contributed by atoms with van der Waals surface area (Å²) in [5, 5.41) is 6.02. The summed E-state index contributed by atoms with van der Waals surface area (Å²) in [5.41, 5.74) is 0.438. The molecule has 0 aliphatic carbocycles. The van der Waals surface area contributed by atoms with Gasteiger partial charge in [-0.15, -0.1) is 0 Å². The number of nitrogens with zero attached hydrogens (tertiary/aromatic N) is 1. The van der Waals surface area contributed by atoms with Gasteiger partial charge in [0, 0.05) is 13.0 Å². The van der Waals surface area contributed by atoms with Crippen molar-refractivity contribution in [3.8, 4) is 0 Å². The van der Waals surface area contributed by atoms with E-state index in [9.17, 15) is 9.59 Å². The van der Waals surface area contributed by atoms with Crippen LogP contribution in [0.2, 0.25) is 0 Å². The maximum Gasteiger partial charge on any atom is 0.408 e. The van der Waals surface area contributed by atoms with Crippen LogP contribution in [0.3, 0.4) is 0 Å². The lowest BCUT2D eigenvalue weighted by atomic mass is 10.2. The summed E-state index contributed by atoms with van der Waals surface area (Å²) >= 11 is 0. The van der Waals surface area contributed by atoms with Crippen molar-refractivity contribution in [2.45, 2.75) is 45.3 Å². The molecule has 1 unspecified atom stereocenters. The molecule has 2 aliphatic heterocycles. The minimum absolute atomic E-state index is 0.148. The highest BCUT2D eigenvalue weighted by atomic mass is 16.6. The second-order valence-corrected chi connectivity index (χ2v) is 5.97. The molecule has 0 aromatic carbocycles. The molecule has 2 rings (SSSR count). The summed E-state index contributed by atoms with van der Waals surface area (Å²) in [7, 11) is 0. The fraction of sp³-hybridized carbons (Fsp3) is 0.769. The molecule has 0 saturated carbocycles. The maximum absolute atomic E-state index is 11.8. The smallest absolute Gasteiger partial charge is 0.408 e. The zero-order valence-corrected chi connectivity index (χ0v) is 11.8. The van der Waals surface area contributed by atoms with Crippen molar-refractivity contribution in [3.05, 3.63) is 0 Å². The Morgan fingerprint density at radius 1 is 1.47 bits per heavy atom. The van der Waals surface area contributed by atoms with Gasteiger partial charge in [-0.1, -0.05) is 0 Å². The third-order valence-electron chi connectivity index (χ3n) is 3.17. The van der Waals surface area contributed by atoms with E-state index >= 15 is 0 Å². The van der Waals surface area contributed by atoms with Crippen LogP contribution in [0.1, 0.15) is 33.6 Å². The zero-order chi connectivity index (χ0) is 14.0. The van der Waals surface area contributed by atoms with Crippen LogP contribution in [0.15, 0.2) is 0 Å². The molecular formula is C13H22N3O3+. The largest absolute Gasteiger partial charge is 0.444 e. The molecule has 6 heteroatoms. The molecule has 6 nitrogen and oxygen atoms in total. The summed E-state index contributed by atoms with van der Waals surface area (Å²) in [6.45, 7) is 7.52. The Labute approximate surface area is 113 Å². The predicted octanol–water partition coefficient (Wildman–Crippen LogP) is 0.257. The molecule has 0 aromatic heterocycles. The number of carbonyl (C=O) groups is 2. The van der Waals surface area contributed by atoms with Crippen LogP contribution in [0, 0.1) is 0 Å². The van der Waals surface area contributed by atoms with Gasteiger partial charge in [-0.05, 0) is 20.8 Å². The van der Waals surface area contributed by atoms with Crippen molar-refractivity contribution in [2.75, 3.05) is 19.6 Å². The summed E-state index contributed by atoms with van der Waals surface area (Å²) in [4.78, 5) is 23.5. The molecule has 2 fully saturated rings. The summed E-state index contributed by atoms with van der Waals surface area (Å²) < 4.78 is 7.04. The third kappa shape index (κ3) is 3.53.